The molecule has 0 aromatic carbocycles. The molecule has 5 heteroatoms. The van der Waals surface area contributed by atoms with Gasteiger partial charge in [-0.25, -0.2) is 0 Å². The summed E-state index contributed by atoms with van der Waals surface area (Å²) < 4.78 is 32.0. The summed E-state index contributed by atoms with van der Waals surface area (Å²) in [4.78, 5) is 0. The van der Waals surface area contributed by atoms with Crippen molar-refractivity contribution < 1.29 is 25.9 Å². The molecule has 0 unspecified atom stereocenters. The molecule has 4 nitrogen and oxygen atoms in total. The molecule has 0 fully saturated rings. The first-order valence-electron chi connectivity index (χ1n) is 0.605. The van der Waals surface area contributed by atoms with Gasteiger partial charge in [0.05, 0.1) is 0 Å². The van der Waals surface area contributed by atoms with Gasteiger partial charge in [0.25, 0.3) is 0 Å². The van der Waals surface area contributed by atoms with E-state index in [9.17, 15) is 0 Å². The van der Waals surface area contributed by atoms with E-state index < -0.39 is 14.9 Å². The van der Waals surface area contributed by atoms with Crippen LogP contribution in [-0.2, 0) is 22.0 Å². The van der Waals surface area contributed by atoms with E-state index in [4.69, 9.17) is 14.9 Å². The molecule has 0 saturated carbocycles. The predicted molar refractivity (Wildman–Crippen MR) is 5.32 cm³/mol. The Morgan fingerprint density at radius 1 is 1.60 bits per heavy atom. The van der Waals surface area contributed by atoms with E-state index in [2.05, 4.69) is 0 Å². The van der Waals surface area contributed by atoms with Crippen LogP contribution in [0.15, 0.2) is 0 Å². The second-order valence-corrected chi connectivity index (χ2v) is 3.17. The second-order valence-electron chi connectivity index (χ2n) is 0.388. The minimum absolute atomic E-state index is 5.56. The van der Waals surface area contributed by atoms with Crippen LogP contribution in [0.25, 0.3) is 0 Å². The summed E-state index contributed by atoms with van der Waals surface area (Å²) in [7, 11) is 0. The molecule has 32 valence electrons. The van der Waals surface area contributed by atoms with Crippen LogP contribution in [0.4, 0.5) is 0 Å². The van der Waals surface area contributed by atoms with Gasteiger partial charge in [0, 0.05) is 0 Å². The molecule has 0 radical (unpaired) electrons. The first kappa shape index (κ1) is 4.91. The van der Waals surface area contributed by atoms with Crippen LogP contribution in [0.1, 0.15) is 0 Å². The average Bonchev–Trinajstić information content (AvgIpc) is 0.722. The molecule has 0 spiro atoms. The van der Waals surface area contributed by atoms with E-state index >= 15 is 0 Å². The van der Waals surface area contributed by atoms with Gasteiger partial charge in [-0.2, -0.15) is 0 Å². The molecule has 0 aromatic heterocycles. The third-order valence-electron chi connectivity index (χ3n) is 0. The van der Waals surface area contributed by atoms with Crippen molar-refractivity contribution >= 4 is 0 Å². The van der Waals surface area contributed by atoms with Crippen LogP contribution in [-0.4, -0.2) is 3.90 Å². The van der Waals surface area contributed by atoms with Crippen molar-refractivity contribution in [3.8, 4) is 0 Å². The first-order valence-corrected chi connectivity index (χ1v) is 4.95. The van der Waals surface area contributed by atoms with Gasteiger partial charge < -0.3 is 0 Å². The molecule has 0 bridgehead atoms. The van der Waals surface area contributed by atoms with E-state index in [1.165, 1.54) is 0 Å². The van der Waals surface area contributed by atoms with Crippen molar-refractivity contribution in [1.82, 2.24) is 0 Å². The van der Waals surface area contributed by atoms with Gasteiger partial charge in [-0.1, -0.05) is 0 Å². The summed E-state index contributed by atoms with van der Waals surface area (Å²) in [5, 5.41) is 0. The van der Waals surface area contributed by atoms with Crippen molar-refractivity contribution in [2.24, 2.45) is 0 Å². The van der Waals surface area contributed by atoms with Crippen LogP contribution in [0.3, 0.4) is 0 Å². The summed E-state index contributed by atoms with van der Waals surface area (Å²) in [5.74, 6) is 0. The molecule has 0 aliphatic carbocycles. The molecule has 0 aliphatic heterocycles. The predicted octanol–water partition coefficient (Wildman–Crippen LogP) is -0.782. The quantitative estimate of drug-likeness (QED) is 0.614. The standard InChI is InChI=1S/N.H2O.2O.Os/h;1H2;;;/q;;;;+1/p-1. The summed E-state index contributed by atoms with van der Waals surface area (Å²) in [6.45, 7) is 0. The van der Waals surface area contributed by atoms with Crippen molar-refractivity contribution in [2.45, 2.75) is 0 Å². The van der Waals surface area contributed by atoms with Crippen molar-refractivity contribution in [3.63, 3.8) is 0 Å². The van der Waals surface area contributed by atoms with Gasteiger partial charge in [-0.05, 0) is 0 Å². The van der Waals surface area contributed by atoms with Gasteiger partial charge >= 0.3 is 29.8 Å². The number of hydrogen-bond acceptors (Lipinski definition) is 3. The molecule has 0 heterocycles. The SMILES string of the molecule is [N]#[Os](=[O])(=[O])[OH]. The minimum atomic E-state index is -5.56. The average molecular weight is 253 g/mol. The Morgan fingerprint density at radius 3 is 1.60 bits per heavy atom. The van der Waals surface area contributed by atoms with Crippen LogP contribution < -0.4 is 0 Å². The van der Waals surface area contributed by atoms with E-state index in [0.717, 1.165) is 0 Å². The fourth-order valence-electron chi connectivity index (χ4n) is 0. The Kier molecular flexibility index (Phi) is 0.928. The normalized spacial score (nSPS) is 11.2. The van der Waals surface area contributed by atoms with Crippen LogP contribution in [0, 0.1) is 3.88 Å². The third kappa shape index (κ3) is 1620. The van der Waals surface area contributed by atoms with Crippen molar-refractivity contribution in [1.29, 1.82) is 3.88 Å². The molecule has 5 heavy (non-hydrogen) atoms. The Morgan fingerprint density at radius 2 is 1.60 bits per heavy atom. The Labute approximate surface area is 30.5 Å². The van der Waals surface area contributed by atoms with Gasteiger partial charge in [0.1, 0.15) is 0 Å². The topological polar surface area (TPSA) is 78.2 Å². The summed E-state index contributed by atoms with van der Waals surface area (Å²) in [6.07, 6.45) is 0. The summed E-state index contributed by atoms with van der Waals surface area (Å²) >= 11 is -5.56. The molecule has 0 atom stereocenters. The summed E-state index contributed by atoms with van der Waals surface area (Å²) in [6, 6.07) is 0. The number of nitrogens with zero attached hydrogens (tertiary/aromatic N) is 1. The zero-order chi connectivity index (χ0) is 4.50. The van der Waals surface area contributed by atoms with Gasteiger partial charge in [0.2, 0.25) is 0 Å². The molecular formula is HNO3Os. The van der Waals surface area contributed by atoms with E-state index in [1.807, 2.05) is 0 Å². The Balaban J connectivity index is 5.24. The van der Waals surface area contributed by atoms with Gasteiger partial charge in [-0.3, -0.25) is 0 Å². The maximum atomic E-state index is 8.85. The zero-order valence-corrected chi connectivity index (χ0v) is 4.60. The third-order valence-corrected chi connectivity index (χ3v) is 0. The fraction of sp³-hybridized carbons (Fsp3) is 0. The van der Waals surface area contributed by atoms with Gasteiger partial charge in [-0.15, -0.1) is 0 Å². The molecule has 0 rings (SSSR count). The molecule has 1 N–H and O–H groups in total. The van der Waals surface area contributed by atoms with E-state index in [-0.39, 0.29) is 0 Å². The monoisotopic (exact) mass is 255 g/mol. The van der Waals surface area contributed by atoms with Crippen molar-refractivity contribution in [3.05, 3.63) is 0 Å². The molecule has 0 aliphatic rings. The van der Waals surface area contributed by atoms with E-state index in [1.54, 1.807) is 0 Å². The molecule has 0 saturated heterocycles. The number of hydrogen-bond donors (Lipinski definition) is 1. The Hall–Kier alpha value is -0.0936. The second kappa shape index (κ2) is 0.946. The summed E-state index contributed by atoms with van der Waals surface area (Å²) in [5.41, 5.74) is 0. The Bertz CT molecular complexity index is 206. The van der Waals surface area contributed by atoms with E-state index in [0.29, 0.717) is 0 Å². The van der Waals surface area contributed by atoms with Crippen LogP contribution >= 0.6 is 0 Å². The van der Waals surface area contributed by atoms with Gasteiger partial charge in [0.15, 0.2) is 0 Å². The van der Waals surface area contributed by atoms with Crippen LogP contribution in [0.5, 0.6) is 0 Å². The van der Waals surface area contributed by atoms with Crippen molar-refractivity contribution in [2.75, 3.05) is 0 Å². The molecular weight excluding hydrogens is 252 g/mol. The number of rotatable bonds is 0. The maximum absolute atomic E-state index is 8.85. The van der Waals surface area contributed by atoms with Crippen LogP contribution in [0.2, 0.25) is 0 Å². The molecule has 0 amide bonds. The first-order chi connectivity index (χ1) is 2.00. The fourth-order valence-corrected chi connectivity index (χ4v) is 0. The molecule has 0 aromatic rings. The zero-order valence-electron chi connectivity index (χ0n) is 2.06.